The van der Waals surface area contributed by atoms with E-state index in [2.05, 4.69) is 15.3 Å². The van der Waals surface area contributed by atoms with Gasteiger partial charge in [0.15, 0.2) is 0 Å². The molecule has 0 saturated heterocycles. The van der Waals surface area contributed by atoms with Crippen LogP contribution >= 0.6 is 11.6 Å². The van der Waals surface area contributed by atoms with E-state index in [-0.39, 0.29) is 6.10 Å². The Morgan fingerprint density at radius 2 is 2.00 bits per heavy atom. The summed E-state index contributed by atoms with van der Waals surface area (Å²) in [6, 6.07) is 0. The molecule has 1 aromatic heterocycles. The van der Waals surface area contributed by atoms with Gasteiger partial charge in [0.25, 0.3) is 0 Å². The lowest BCUT2D eigenvalue weighted by atomic mass is 10.3. The van der Waals surface area contributed by atoms with E-state index < -0.39 is 0 Å². The first-order valence-electron chi connectivity index (χ1n) is 5.37. The first kappa shape index (κ1) is 13.2. The normalized spacial score (nSPS) is 10.9. The number of nitrogens with zero attached hydrogens (tertiary/aromatic N) is 2. The molecular weight excluding hydrogens is 226 g/mol. The third kappa shape index (κ3) is 3.94. The van der Waals surface area contributed by atoms with E-state index in [4.69, 9.17) is 16.3 Å². The average molecular weight is 244 g/mol. The number of ether oxygens (including phenoxy) is 1. The average Bonchev–Trinajstić information content (AvgIpc) is 2.19. The largest absolute Gasteiger partial charge is 0.377 e. The summed E-state index contributed by atoms with van der Waals surface area (Å²) in [6.07, 6.45) is 0.249. The van der Waals surface area contributed by atoms with Gasteiger partial charge in [0.1, 0.15) is 16.8 Å². The molecule has 0 aliphatic heterocycles. The maximum absolute atomic E-state index is 5.96. The molecule has 1 rings (SSSR count). The smallest absolute Gasteiger partial charge is 0.137 e. The first-order chi connectivity index (χ1) is 7.50. The molecular formula is C11H18ClN3O. The van der Waals surface area contributed by atoms with Crippen molar-refractivity contribution in [2.75, 3.05) is 18.5 Å². The van der Waals surface area contributed by atoms with Crippen LogP contribution in [0.3, 0.4) is 0 Å². The van der Waals surface area contributed by atoms with Gasteiger partial charge in [-0.15, -0.1) is 0 Å². The second-order valence-corrected chi connectivity index (χ2v) is 4.24. The van der Waals surface area contributed by atoms with E-state index in [9.17, 15) is 0 Å². The van der Waals surface area contributed by atoms with E-state index in [1.165, 1.54) is 0 Å². The molecule has 0 aliphatic carbocycles. The monoisotopic (exact) mass is 243 g/mol. The fourth-order valence-electron chi connectivity index (χ4n) is 1.23. The van der Waals surface area contributed by atoms with Gasteiger partial charge in [0.2, 0.25) is 0 Å². The molecule has 0 bridgehead atoms. The Hall–Kier alpha value is -0.870. The molecule has 4 nitrogen and oxygen atoms in total. The van der Waals surface area contributed by atoms with Crippen molar-refractivity contribution >= 4 is 17.4 Å². The second kappa shape index (κ2) is 6.01. The Morgan fingerprint density at radius 1 is 1.31 bits per heavy atom. The van der Waals surface area contributed by atoms with E-state index >= 15 is 0 Å². The van der Waals surface area contributed by atoms with Crippen molar-refractivity contribution in [1.82, 2.24) is 9.97 Å². The number of hydrogen-bond acceptors (Lipinski definition) is 4. The first-order valence-corrected chi connectivity index (χ1v) is 5.74. The lowest BCUT2D eigenvalue weighted by Crippen LogP contribution is -2.15. The minimum Gasteiger partial charge on any atom is -0.377 e. The predicted molar refractivity (Wildman–Crippen MR) is 66.1 cm³/mol. The number of aryl methyl sites for hydroxylation is 1. The van der Waals surface area contributed by atoms with Crippen molar-refractivity contribution in [1.29, 1.82) is 0 Å². The van der Waals surface area contributed by atoms with Crippen LogP contribution in [0.2, 0.25) is 5.15 Å². The second-order valence-electron chi connectivity index (χ2n) is 3.88. The zero-order valence-electron chi connectivity index (χ0n) is 10.2. The molecule has 1 N–H and O–H groups in total. The van der Waals surface area contributed by atoms with Crippen LogP contribution in [-0.4, -0.2) is 29.2 Å². The number of hydrogen-bond donors (Lipinski definition) is 1. The third-order valence-electron chi connectivity index (χ3n) is 2.04. The van der Waals surface area contributed by atoms with Crippen molar-refractivity contribution in [2.45, 2.75) is 33.8 Å². The Balaban J connectivity index is 2.53. The van der Waals surface area contributed by atoms with Crippen LogP contribution in [0.4, 0.5) is 5.82 Å². The van der Waals surface area contributed by atoms with Crippen molar-refractivity contribution in [2.24, 2.45) is 0 Å². The maximum Gasteiger partial charge on any atom is 0.137 e. The summed E-state index contributed by atoms with van der Waals surface area (Å²) in [7, 11) is 0. The van der Waals surface area contributed by atoms with Gasteiger partial charge in [0.05, 0.1) is 12.7 Å². The summed E-state index contributed by atoms with van der Waals surface area (Å²) in [5, 5.41) is 3.69. The fraction of sp³-hybridized carbons (Fsp3) is 0.636. The van der Waals surface area contributed by atoms with E-state index in [1.54, 1.807) is 0 Å². The lowest BCUT2D eigenvalue weighted by Gasteiger charge is -2.11. The van der Waals surface area contributed by atoms with Crippen molar-refractivity contribution in [3.8, 4) is 0 Å². The minimum absolute atomic E-state index is 0.249. The van der Waals surface area contributed by atoms with Crippen LogP contribution in [0.25, 0.3) is 0 Å². The van der Waals surface area contributed by atoms with Gasteiger partial charge in [-0.25, -0.2) is 9.97 Å². The highest BCUT2D eigenvalue weighted by molar-refractivity contribution is 6.30. The zero-order valence-corrected chi connectivity index (χ0v) is 10.9. The Kier molecular flexibility index (Phi) is 4.96. The van der Waals surface area contributed by atoms with Gasteiger partial charge in [0, 0.05) is 12.1 Å². The molecule has 0 saturated carbocycles. The highest BCUT2D eigenvalue weighted by atomic mass is 35.5. The van der Waals surface area contributed by atoms with Crippen molar-refractivity contribution < 1.29 is 4.74 Å². The highest BCUT2D eigenvalue weighted by Gasteiger charge is 2.06. The van der Waals surface area contributed by atoms with E-state index in [0.29, 0.717) is 24.1 Å². The van der Waals surface area contributed by atoms with Crippen LogP contribution < -0.4 is 5.32 Å². The molecule has 1 aromatic rings. The molecule has 0 aliphatic rings. The molecule has 0 amide bonds. The third-order valence-corrected chi connectivity index (χ3v) is 2.41. The molecule has 90 valence electrons. The van der Waals surface area contributed by atoms with Crippen LogP contribution in [0, 0.1) is 13.8 Å². The SMILES string of the molecule is Cc1nc(Cl)c(C)c(NCCOC(C)C)n1. The molecule has 0 spiro atoms. The molecule has 1 heterocycles. The summed E-state index contributed by atoms with van der Waals surface area (Å²) in [4.78, 5) is 8.36. The molecule has 0 fully saturated rings. The van der Waals surface area contributed by atoms with Crippen molar-refractivity contribution in [3.63, 3.8) is 0 Å². The Bertz CT molecular complexity index is 355. The van der Waals surface area contributed by atoms with Gasteiger partial charge >= 0.3 is 0 Å². The predicted octanol–water partition coefficient (Wildman–Crippen LogP) is 2.58. The minimum atomic E-state index is 0.249. The number of aromatic nitrogens is 2. The van der Waals surface area contributed by atoms with Gasteiger partial charge in [-0.2, -0.15) is 0 Å². The van der Waals surface area contributed by atoms with Gasteiger partial charge in [-0.1, -0.05) is 11.6 Å². The Labute approximate surface area is 101 Å². The number of nitrogens with one attached hydrogen (secondary N) is 1. The van der Waals surface area contributed by atoms with Crippen LogP contribution in [0.1, 0.15) is 25.2 Å². The topological polar surface area (TPSA) is 47.0 Å². The quantitative estimate of drug-likeness (QED) is 0.638. The maximum atomic E-state index is 5.96. The molecule has 16 heavy (non-hydrogen) atoms. The summed E-state index contributed by atoms with van der Waals surface area (Å²) in [5.41, 5.74) is 0.872. The van der Waals surface area contributed by atoms with E-state index in [0.717, 1.165) is 11.4 Å². The number of anilines is 1. The lowest BCUT2D eigenvalue weighted by molar-refractivity contribution is 0.0870. The zero-order chi connectivity index (χ0) is 12.1. The van der Waals surface area contributed by atoms with Gasteiger partial charge in [-0.05, 0) is 27.7 Å². The van der Waals surface area contributed by atoms with Gasteiger partial charge < -0.3 is 10.1 Å². The summed E-state index contributed by atoms with van der Waals surface area (Å²) in [6.45, 7) is 9.10. The van der Waals surface area contributed by atoms with Crippen LogP contribution in [0.5, 0.6) is 0 Å². The standard InChI is InChI=1S/C11H18ClN3O/c1-7(2)16-6-5-13-11-8(3)10(12)14-9(4)15-11/h7H,5-6H2,1-4H3,(H,13,14,15). The van der Waals surface area contributed by atoms with Gasteiger partial charge in [-0.3, -0.25) is 0 Å². The summed E-state index contributed by atoms with van der Waals surface area (Å²) >= 11 is 5.96. The fourth-order valence-corrected chi connectivity index (χ4v) is 1.44. The molecule has 0 aromatic carbocycles. The highest BCUT2D eigenvalue weighted by Crippen LogP contribution is 2.19. The molecule has 0 unspecified atom stereocenters. The summed E-state index contributed by atoms with van der Waals surface area (Å²) < 4.78 is 5.43. The molecule has 0 atom stereocenters. The van der Waals surface area contributed by atoms with E-state index in [1.807, 2.05) is 27.7 Å². The van der Waals surface area contributed by atoms with Crippen LogP contribution in [0.15, 0.2) is 0 Å². The number of halogens is 1. The summed E-state index contributed by atoms with van der Waals surface area (Å²) in [5.74, 6) is 1.45. The van der Waals surface area contributed by atoms with Crippen molar-refractivity contribution in [3.05, 3.63) is 16.5 Å². The molecule has 5 heteroatoms. The number of rotatable bonds is 5. The Morgan fingerprint density at radius 3 is 2.62 bits per heavy atom. The van der Waals surface area contributed by atoms with Crippen LogP contribution in [-0.2, 0) is 4.74 Å². The molecule has 0 radical (unpaired) electrons.